The van der Waals surface area contributed by atoms with Crippen LogP contribution in [0.2, 0.25) is 5.02 Å². The molecule has 0 unspecified atom stereocenters. The topological polar surface area (TPSA) is 86.8 Å². The molecule has 0 aliphatic carbocycles. The second kappa shape index (κ2) is 15.5. The van der Waals surface area contributed by atoms with Gasteiger partial charge in [-0.25, -0.2) is 8.42 Å². The van der Waals surface area contributed by atoms with Crippen LogP contribution in [0.25, 0.3) is 0 Å². The quantitative estimate of drug-likeness (QED) is 0.155. The van der Waals surface area contributed by atoms with E-state index in [1.165, 1.54) is 17.0 Å². The molecule has 4 aromatic rings. The molecule has 0 radical (unpaired) electrons. The van der Waals surface area contributed by atoms with Gasteiger partial charge in [-0.2, -0.15) is 0 Å². The average molecular weight is 744 g/mol. The van der Waals surface area contributed by atoms with Gasteiger partial charge in [0.05, 0.1) is 10.6 Å². The molecular formula is C34H35ClIN3O4S. The molecule has 10 heteroatoms. The maximum absolute atomic E-state index is 14.5. The lowest BCUT2D eigenvalue weighted by Crippen LogP contribution is -2.54. The van der Waals surface area contributed by atoms with Crippen LogP contribution in [0.5, 0.6) is 0 Å². The van der Waals surface area contributed by atoms with Crippen molar-refractivity contribution in [2.75, 3.05) is 10.8 Å². The summed E-state index contributed by atoms with van der Waals surface area (Å²) in [5, 5.41) is 3.53. The summed E-state index contributed by atoms with van der Waals surface area (Å²) >= 11 is 8.45. The molecule has 2 atom stereocenters. The Labute approximate surface area is 278 Å². The largest absolute Gasteiger partial charge is 0.352 e. The van der Waals surface area contributed by atoms with Crippen LogP contribution >= 0.6 is 34.2 Å². The van der Waals surface area contributed by atoms with Crippen LogP contribution in [-0.2, 0) is 32.6 Å². The molecule has 0 aliphatic heterocycles. The third kappa shape index (κ3) is 8.83. The van der Waals surface area contributed by atoms with E-state index in [4.69, 9.17) is 11.6 Å². The first kappa shape index (κ1) is 33.5. The fraction of sp³-hybridized carbons (Fsp3) is 0.235. The van der Waals surface area contributed by atoms with Crippen LogP contribution in [0.15, 0.2) is 114 Å². The van der Waals surface area contributed by atoms with Crippen molar-refractivity contribution in [3.05, 3.63) is 129 Å². The number of rotatable bonds is 13. The van der Waals surface area contributed by atoms with Crippen LogP contribution < -0.4 is 9.62 Å². The van der Waals surface area contributed by atoms with Gasteiger partial charge in [0.1, 0.15) is 12.6 Å². The molecule has 7 nitrogen and oxygen atoms in total. The predicted octanol–water partition coefficient (Wildman–Crippen LogP) is 6.69. The molecule has 4 rings (SSSR count). The summed E-state index contributed by atoms with van der Waals surface area (Å²) in [6.45, 7) is 3.42. The Morgan fingerprint density at radius 1 is 0.864 bits per heavy atom. The standard InChI is InChI=1S/C34H35ClIN3O4S/c1-3-25(2)37-34(41)32(22-26-11-6-4-7-12-26)38(23-27-13-10-14-28(35)21-27)33(40)24-39(30-19-17-29(36)18-20-30)44(42,43)31-15-8-5-9-16-31/h4-21,25,32H,3,22-24H2,1-2H3,(H,37,41)/t25-,32-/m1/s1. The van der Waals surface area contributed by atoms with E-state index in [1.54, 1.807) is 60.7 Å². The molecule has 0 fully saturated rings. The van der Waals surface area contributed by atoms with Gasteiger partial charge < -0.3 is 10.2 Å². The maximum atomic E-state index is 14.5. The molecule has 2 amide bonds. The highest BCUT2D eigenvalue weighted by Crippen LogP contribution is 2.26. The molecule has 0 saturated carbocycles. The van der Waals surface area contributed by atoms with E-state index in [2.05, 4.69) is 27.9 Å². The highest BCUT2D eigenvalue weighted by molar-refractivity contribution is 14.1. The van der Waals surface area contributed by atoms with Crippen LogP contribution in [-0.4, -0.2) is 43.8 Å². The third-order valence-corrected chi connectivity index (χ3v) is 9.98. The fourth-order valence-electron chi connectivity index (χ4n) is 4.68. The third-order valence-electron chi connectivity index (χ3n) is 7.24. The first-order chi connectivity index (χ1) is 21.1. The lowest BCUT2D eigenvalue weighted by Gasteiger charge is -2.34. The highest BCUT2D eigenvalue weighted by atomic mass is 127. The molecule has 1 N–H and O–H groups in total. The van der Waals surface area contributed by atoms with Gasteiger partial charge in [0.15, 0.2) is 0 Å². The van der Waals surface area contributed by atoms with E-state index in [0.717, 1.165) is 13.4 Å². The predicted molar refractivity (Wildman–Crippen MR) is 184 cm³/mol. The number of halogens is 2. The number of carbonyl (C=O) groups excluding carboxylic acids is 2. The van der Waals surface area contributed by atoms with Crippen molar-refractivity contribution in [1.82, 2.24) is 10.2 Å². The number of benzene rings is 4. The number of anilines is 1. The Morgan fingerprint density at radius 2 is 1.48 bits per heavy atom. The Bertz CT molecular complexity index is 1660. The highest BCUT2D eigenvalue weighted by Gasteiger charge is 2.35. The number of hydrogen-bond acceptors (Lipinski definition) is 4. The van der Waals surface area contributed by atoms with Crippen molar-refractivity contribution in [2.45, 2.75) is 50.2 Å². The Balaban J connectivity index is 1.80. The Kier molecular flexibility index (Phi) is 11.8. The number of nitrogens with zero attached hydrogens (tertiary/aromatic N) is 2. The molecule has 230 valence electrons. The summed E-state index contributed by atoms with van der Waals surface area (Å²) in [5.41, 5.74) is 1.92. The lowest BCUT2D eigenvalue weighted by molar-refractivity contribution is -0.140. The van der Waals surface area contributed by atoms with Crippen LogP contribution in [0.1, 0.15) is 31.4 Å². The Hall–Kier alpha value is -3.41. The van der Waals surface area contributed by atoms with E-state index in [0.29, 0.717) is 22.7 Å². The summed E-state index contributed by atoms with van der Waals surface area (Å²) in [6, 6.07) is 30.5. The van der Waals surface area contributed by atoms with Gasteiger partial charge >= 0.3 is 0 Å². The molecule has 0 aliphatic rings. The SMILES string of the molecule is CC[C@@H](C)NC(=O)[C@@H](Cc1ccccc1)N(Cc1cccc(Cl)c1)C(=O)CN(c1ccc(I)cc1)S(=O)(=O)c1ccccc1. The molecule has 0 saturated heterocycles. The zero-order chi connectivity index (χ0) is 31.7. The lowest BCUT2D eigenvalue weighted by atomic mass is 10.0. The van der Waals surface area contributed by atoms with E-state index in [1.807, 2.05) is 50.2 Å². The fourth-order valence-corrected chi connectivity index (χ4v) is 6.69. The molecule has 0 bridgehead atoms. The van der Waals surface area contributed by atoms with Gasteiger partial charge in [0, 0.05) is 27.6 Å². The average Bonchev–Trinajstić information content (AvgIpc) is 3.02. The molecule has 44 heavy (non-hydrogen) atoms. The number of sulfonamides is 1. The minimum Gasteiger partial charge on any atom is -0.352 e. The van der Waals surface area contributed by atoms with Crippen molar-refractivity contribution in [2.24, 2.45) is 0 Å². The van der Waals surface area contributed by atoms with Gasteiger partial charge in [-0.15, -0.1) is 0 Å². The number of nitrogens with one attached hydrogen (secondary N) is 1. The van der Waals surface area contributed by atoms with Crippen LogP contribution in [0.4, 0.5) is 5.69 Å². The van der Waals surface area contributed by atoms with Crippen molar-refractivity contribution in [3.63, 3.8) is 0 Å². The summed E-state index contributed by atoms with van der Waals surface area (Å²) in [6.07, 6.45) is 0.951. The second-order valence-corrected chi connectivity index (χ2v) is 14.0. The molecule has 0 aromatic heterocycles. The van der Waals surface area contributed by atoms with Crippen molar-refractivity contribution >= 4 is 61.7 Å². The van der Waals surface area contributed by atoms with E-state index in [-0.39, 0.29) is 29.8 Å². The molecule has 0 heterocycles. The molecular weight excluding hydrogens is 709 g/mol. The molecule has 4 aromatic carbocycles. The molecule has 0 spiro atoms. The van der Waals surface area contributed by atoms with Crippen molar-refractivity contribution in [3.8, 4) is 0 Å². The Morgan fingerprint density at radius 3 is 2.09 bits per heavy atom. The smallest absolute Gasteiger partial charge is 0.264 e. The number of hydrogen-bond donors (Lipinski definition) is 1. The van der Waals surface area contributed by atoms with E-state index < -0.39 is 28.5 Å². The summed E-state index contributed by atoms with van der Waals surface area (Å²) in [4.78, 5) is 29.9. The first-order valence-corrected chi connectivity index (χ1v) is 17.2. The van der Waals surface area contributed by atoms with Crippen LogP contribution in [0.3, 0.4) is 0 Å². The van der Waals surface area contributed by atoms with Gasteiger partial charge in [-0.1, -0.05) is 79.2 Å². The van der Waals surface area contributed by atoms with Gasteiger partial charge in [0.25, 0.3) is 10.0 Å². The first-order valence-electron chi connectivity index (χ1n) is 14.3. The maximum Gasteiger partial charge on any atom is 0.264 e. The monoisotopic (exact) mass is 743 g/mol. The minimum absolute atomic E-state index is 0.0523. The normalized spacial score (nSPS) is 12.6. The number of amides is 2. The summed E-state index contributed by atoms with van der Waals surface area (Å²) in [5.74, 6) is -0.839. The zero-order valence-corrected chi connectivity index (χ0v) is 28.3. The van der Waals surface area contributed by atoms with E-state index >= 15 is 0 Å². The zero-order valence-electron chi connectivity index (χ0n) is 24.6. The van der Waals surface area contributed by atoms with Gasteiger partial charge in [-0.05, 0) is 95.6 Å². The van der Waals surface area contributed by atoms with Crippen molar-refractivity contribution in [1.29, 1.82) is 0 Å². The number of carbonyl (C=O) groups is 2. The van der Waals surface area contributed by atoms with Crippen LogP contribution in [0, 0.1) is 3.57 Å². The van der Waals surface area contributed by atoms with Gasteiger partial charge in [0.2, 0.25) is 11.8 Å². The summed E-state index contributed by atoms with van der Waals surface area (Å²) < 4.78 is 30.1. The van der Waals surface area contributed by atoms with E-state index in [9.17, 15) is 18.0 Å². The summed E-state index contributed by atoms with van der Waals surface area (Å²) in [7, 11) is -4.14. The second-order valence-electron chi connectivity index (χ2n) is 10.5. The van der Waals surface area contributed by atoms with Crippen molar-refractivity contribution < 1.29 is 18.0 Å². The van der Waals surface area contributed by atoms with Gasteiger partial charge in [-0.3, -0.25) is 13.9 Å². The minimum atomic E-state index is -4.14.